The summed E-state index contributed by atoms with van der Waals surface area (Å²) >= 11 is 0. The predicted octanol–water partition coefficient (Wildman–Crippen LogP) is 0.176. The predicted molar refractivity (Wildman–Crippen MR) is 39.4 cm³/mol. The van der Waals surface area contributed by atoms with E-state index >= 15 is 0 Å². The second kappa shape index (κ2) is 5.30. The summed E-state index contributed by atoms with van der Waals surface area (Å²) in [5, 5.41) is 10.9. The summed E-state index contributed by atoms with van der Waals surface area (Å²) in [4.78, 5) is 10.5. The molecule has 0 spiro atoms. The molecule has 0 bridgehead atoms. The Bertz CT molecular complexity index is 203. The summed E-state index contributed by atoms with van der Waals surface area (Å²) in [7, 11) is 1.31. The van der Waals surface area contributed by atoms with Crippen LogP contribution in [0.1, 0.15) is 6.92 Å². The van der Waals surface area contributed by atoms with Crippen LogP contribution in [0.15, 0.2) is 11.8 Å². The van der Waals surface area contributed by atoms with Gasteiger partial charge in [-0.15, -0.1) is 0 Å². The average molecular weight is 154 g/mol. The second-order valence-corrected chi connectivity index (χ2v) is 1.89. The number of carbonyl (C=O) groups excluding carboxylic acids is 1. The van der Waals surface area contributed by atoms with Gasteiger partial charge in [0.2, 0.25) is 0 Å². The lowest BCUT2D eigenvalue weighted by atomic mass is 10.4. The maximum absolute atomic E-state index is 10.5. The van der Waals surface area contributed by atoms with Gasteiger partial charge in [-0.25, -0.2) is 0 Å². The molecule has 0 aliphatic carbocycles. The van der Waals surface area contributed by atoms with E-state index in [9.17, 15) is 4.79 Å². The molecule has 4 nitrogen and oxygen atoms in total. The number of ether oxygens (including phenoxy) is 1. The van der Waals surface area contributed by atoms with Crippen LogP contribution in [0.4, 0.5) is 0 Å². The number of hydrogen-bond donors (Lipinski definition) is 1. The number of esters is 1. The molecular weight excluding hydrogens is 144 g/mol. The SMILES string of the molecule is COC(=O)CNC(C)=CC#N. The standard InChI is InChI=1S/C7H10N2O2/c1-6(3-4-8)9-5-7(10)11-2/h3,9H,5H2,1-2H3. The first-order valence-corrected chi connectivity index (χ1v) is 3.07. The largest absolute Gasteiger partial charge is 0.468 e. The van der Waals surface area contributed by atoms with Gasteiger partial charge in [0, 0.05) is 11.8 Å². The molecule has 60 valence electrons. The number of allylic oxidation sites excluding steroid dienone is 2. The van der Waals surface area contributed by atoms with Crippen LogP contribution in [0.25, 0.3) is 0 Å². The number of rotatable bonds is 3. The summed E-state index contributed by atoms with van der Waals surface area (Å²) < 4.78 is 4.37. The summed E-state index contributed by atoms with van der Waals surface area (Å²) in [6, 6.07) is 1.83. The summed E-state index contributed by atoms with van der Waals surface area (Å²) in [5.74, 6) is -0.351. The molecule has 0 aromatic rings. The van der Waals surface area contributed by atoms with Crippen molar-refractivity contribution in [1.29, 1.82) is 5.26 Å². The first-order chi connectivity index (χ1) is 5.20. The summed E-state index contributed by atoms with van der Waals surface area (Å²) in [6.45, 7) is 1.80. The van der Waals surface area contributed by atoms with E-state index in [2.05, 4.69) is 10.1 Å². The molecule has 0 aromatic carbocycles. The Morgan fingerprint density at radius 1 is 1.82 bits per heavy atom. The molecular formula is C7H10N2O2. The van der Waals surface area contributed by atoms with Crippen LogP contribution in [0.5, 0.6) is 0 Å². The zero-order valence-electron chi connectivity index (χ0n) is 6.55. The number of hydrogen-bond acceptors (Lipinski definition) is 4. The van der Waals surface area contributed by atoms with Gasteiger partial charge in [-0.1, -0.05) is 0 Å². The molecule has 0 unspecified atom stereocenters. The zero-order valence-corrected chi connectivity index (χ0v) is 6.55. The van der Waals surface area contributed by atoms with Crippen LogP contribution >= 0.6 is 0 Å². The minimum Gasteiger partial charge on any atom is -0.468 e. The van der Waals surface area contributed by atoms with Gasteiger partial charge < -0.3 is 10.1 Å². The number of carbonyl (C=O) groups is 1. The molecule has 0 aromatic heterocycles. The van der Waals surface area contributed by atoms with Gasteiger partial charge in [0.05, 0.1) is 13.2 Å². The Kier molecular flexibility index (Phi) is 4.58. The van der Waals surface area contributed by atoms with Crippen molar-refractivity contribution < 1.29 is 9.53 Å². The van der Waals surface area contributed by atoms with Gasteiger partial charge >= 0.3 is 5.97 Å². The highest BCUT2D eigenvalue weighted by Gasteiger charge is 1.97. The van der Waals surface area contributed by atoms with Crippen LogP contribution < -0.4 is 5.32 Å². The van der Waals surface area contributed by atoms with Crippen LogP contribution in [0.2, 0.25) is 0 Å². The first-order valence-electron chi connectivity index (χ1n) is 3.07. The van der Waals surface area contributed by atoms with E-state index in [1.807, 2.05) is 6.07 Å². The molecule has 0 rings (SSSR count). The van der Waals surface area contributed by atoms with Crippen LogP contribution in [-0.4, -0.2) is 19.6 Å². The average Bonchev–Trinajstić information content (AvgIpc) is 2.01. The van der Waals surface area contributed by atoms with Crippen molar-refractivity contribution in [2.75, 3.05) is 13.7 Å². The van der Waals surface area contributed by atoms with Gasteiger partial charge in [0.25, 0.3) is 0 Å². The lowest BCUT2D eigenvalue weighted by Gasteiger charge is -2.01. The Morgan fingerprint density at radius 3 is 2.91 bits per heavy atom. The van der Waals surface area contributed by atoms with Crippen LogP contribution in [0, 0.1) is 11.3 Å². The molecule has 11 heavy (non-hydrogen) atoms. The maximum atomic E-state index is 10.5. The van der Waals surface area contributed by atoms with Crippen molar-refractivity contribution in [2.45, 2.75) is 6.92 Å². The van der Waals surface area contributed by atoms with E-state index in [-0.39, 0.29) is 12.5 Å². The molecule has 0 heterocycles. The molecule has 0 atom stereocenters. The number of nitriles is 1. The molecule has 0 saturated heterocycles. The fourth-order valence-electron chi connectivity index (χ4n) is 0.432. The van der Waals surface area contributed by atoms with Crippen molar-refractivity contribution in [3.8, 4) is 6.07 Å². The highest BCUT2D eigenvalue weighted by Crippen LogP contribution is 1.83. The highest BCUT2D eigenvalue weighted by atomic mass is 16.5. The van der Waals surface area contributed by atoms with E-state index in [1.54, 1.807) is 6.92 Å². The van der Waals surface area contributed by atoms with Crippen molar-refractivity contribution in [3.63, 3.8) is 0 Å². The maximum Gasteiger partial charge on any atom is 0.325 e. The first kappa shape index (κ1) is 9.50. The molecule has 0 aliphatic rings. The summed E-state index contributed by atoms with van der Waals surface area (Å²) in [6.07, 6.45) is 1.32. The third-order valence-electron chi connectivity index (χ3n) is 1.02. The van der Waals surface area contributed by atoms with Crippen LogP contribution in [-0.2, 0) is 9.53 Å². The van der Waals surface area contributed by atoms with Crippen LogP contribution in [0.3, 0.4) is 0 Å². The smallest absolute Gasteiger partial charge is 0.325 e. The van der Waals surface area contributed by atoms with E-state index in [0.29, 0.717) is 5.70 Å². The highest BCUT2D eigenvalue weighted by molar-refractivity contribution is 5.71. The van der Waals surface area contributed by atoms with E-state index in [1.165, 1.54) is 13.2 Å². The summed E-state index contributed by atoms with van der Waals surface area (Å²) in [5.41, 5.74) is 0.651. The minimum absolute atomic E-state index is 0.0977. The molecule has 4 heteroatoms. The second-order valence-electron chi connectivity index (χ2n) is 1.89. The number of methoxy groups -OCH3 is 1. The van der Waals surface area contributed by atoms with Crippen molar-refractivity contribution in [3.05, 3.63) is 11.8 Å². The molecule has 1 N–H and O–H groups in total. The Hall–Kier alpha value is -1.50. The lowest BCUT2D eigenvalue weighted by Crippen LogP contribution is -2.22. The monoisotopic (exact) mass is 154 g/mol. The fraction of sp³-hybridized carbons (Fsp3) is 0.429. The van der Waals surface area contributed by atoms with E-state index in [4.69, 9.17) is 5.26 Å². The zero-order chi connectivity index (χ0) is 8.69. The Balaban J connectivity index is 3.64. The molecule has 0 radical (unpaired) electrons. The molecule has 0 amide bonds. The van der Waals surface area contributed by atoms with E-state index in [0.717, 1.165) is 0 Å². The van der Waals surface area contributed by atoms with Gasteiger partial charge in [0.1, 0.15) is 6.54 Å². The quantitative estimate of drug-likeness (QED) is 0.465. The Labute approximate surface area is 65.5 Å². The minimum atomic E-state index is -0.351. The van der Waals surface area contributed by atoms with Gasteiger partial charge in [-0.05, 0) is 6.92 Å². The van der Waals surface area contributed by atoms with Gasteiger partial charge in [0.15, 0.2) is 0 Å². The topological polar surface area (TPSA) is 62.1 Å². The van der Waals surface area contributed by atoms with E-state index < -0.39 is 0 Å². The normalized spacial score (nSPS) is 10.1. The Morgan fingerprint density at radius 2 is 2.45 bits per heavy atom. The third kappa shape index (κ3) is 4.97. The lowest BCUT2D eigenvalue weighted by molar-refractivity contribution is -0.139. The van der Waals surface area contributed by atoms with Gasteiger partial charge in [-0.3, -0.25) is 4.79 Å². The number of nitrogens with zero attached hydrogens (tertiary/aromatic N) is 1. The van der Waals surface area contributed by atoms with Gasteiger partial charge in [-0.2, -0.15) is 5.26 Å². The molecule has 0 saturated carbocycles. The van der Waals surface area contributed by atoms with Crippen molar-refractivity contribution >= 4 is 5.97 Å². The van der Waals surface area contributed by atoms with Crippen molar-refractivity contribution in [1.82, 2.24) is 5.32 Å². The van der Waals surface area contributed by atoms with Crippen molar-refractivity contribution in [2.24, 2.45) is 0 Å². The number of nitrogens with one attached hydrogen (secondary N) is 1. The third-order valence-corrected chi connectivity index (χ3v) is 1.02. The molecule has 0 fully saturated rings. The molecule has 0 aliphatic heterocycles. The fourth-order valence-corrected chi connectivity index (χ4v) is 0.432.